The Morgan fingerprint density at radius 1 is 2.00 bits per heavy atom. The molecule has 0 spiro atoms. The fourth-order valence-electron chi connectivity index (χ4n) is 0.259. The molecule has 3 nitrogen and oxygen atoms in total. The van der Waals surface area contributed by atoms with Gasteiger partial charge in [-0.2, -0.15) is 0 Å². The minimum atomic E-state index is -1.92. The van der Waals surface area contributed by atoms with E-state index in [1.165, 1.54) is 0 Å². The number of hydrogen-bond donors (Lipinski definition) is 2. The van der Waals surface area contributed by atoms with E-state index in [-0.39, 0.29) is 5.03 Å². The van der Waals surface area contributed by atoms with E-state index < -0.39 is 11.1 Å². The Morgan fingerprint density at radius 3 is 2.62 bits per heavy atom. The van der Waals surface area contributed by atoms with Gasteiger partial charge in [0.25, 0.3) is 0 Å². The molecule has 0 saturated carbocycles. The molecule has 4 heteroatoms. The highest BCUT2D eigenvalue weighted by Crippen LogP contribution is 1.85. The van der Waals surface area contributed by atoms with Gasteiger partial charge >= 0.3 is 0 Å². The lowest BCUT2D eigenvalue weighted by molar-refractivity contribution is 0.567. The van der Waals surface area contributed by atoms with Gasteiger partial charge in [0, 0.05) is 6.54 Å². The molecular weight excluding hydrogens is 126 g/mol. The van der Waals surface area contributed by atoms with Crippen molar-refractivity contribution in [2.24, 2.45) is 0 Å². The summed E-state index contributed by atoms with van der Waals surface area (Å²) in [5.41, 5.74) is 0. The predicted molar refractivity (Wildman–Crippen MR) is 33.6 cm³/mol. The number of nitrogens with one attached hydrogen (secondary N) is 1. The van der Waals surface area contributed by atoms with E-state index in [2.05, 4.69) is 11.9 Å². The minimum absolute atomic E-state index is 0.160. The van der Waals surface area contributed by atoms with Crippen LogP contribution >= 0.6 is 0 Å². The zero-order valence-electron chi connectivity index (χ0n) is 4.68. The average Bonchev–Trinajstić information content (AvgIpc) is 1.67. The van der Waals surface area contributed by atoms with Crippen molar-refractivity contribution in [3.8, 4) is 0 Å². The Bertz CT molecular complexity index is 113. The van der Waals surface area contributed by atoms with Crippen molar-refractivity contribution in [3.05, 3.63) is 11.6 Å². The van der Waals surface area contributed by atoms with Crippen molar-refractivity contribution in [2.75, 3.05) is 6.54 Å². The molecule has 0 saturated heterocycles. The number of hydrogen-bond acceptors (Lipinski definition) is 2. The van der Waals surface area contributed by atoms with Gasteiger partial charge in [-0.25, -0.2) is 4.21 Å². The summed E-state index contributed by atoms with van der Waals surface area (Å²) in [6.07, 6.45) is 0. The van der Waals surface area contributed by atoms with E-state index in [0.29, 0.717) is 6.54 Å². The summed E-state index contributed by atoms with van der Waals surface area (Å²) in [7, 11) is 0. The Hall–Kier alpha value is -0.350. The van der Waals surface area contributed by atoms with Crippen LogP contribution in [0.3, 0.4) is 0 Å². The molecule has 0 rings (SSSR count). The smallest absolute Gasteiger partial charge is 0.202 e. The van der Waals surface area contributed by atoms with Gasteiger partial charge in [-0.1, -0.05) is 6.58 Å². The van der Waals surface area contributed by atoms with E-state index in [1.807, 2.05) is 6.92 Å². The molecule has 0 amide bonds. The summed E-state index contributed by atoms with van der Waals surface area (Å²) in [6.45, 7) is 5.74. The summed E-state index contributed by atoms with van der Waals surface area (Å²) in [5.74, 6) is 0. The predicted octanol–water partition coefficient (Wildman–Crippen LogP) is 0.289. The average molecular weight is 135 g/mol. The first kappa shape index (κ1) is 7.65. The molecule has 8 heavy (non-hydrogen) atoms. The third-order valence-electron chi connectivity index (χ3n) is 0.585. The Labute approximate surface area is 51.1 Å². The zero-order valence-corrected chi connectivity index (χ0v) is 5.49. The quantitative estimate of drug-likeness (QED) is 0.547. The summed E-state index contributed by atoms with van der Waals surface area (Å²) >= 11 is -1.92. The molecule has 48 valence electrons. The molecule has 0 aromatic carbocycles. The molecule has 1 atom stereocenters. The van der Waals surface area contributed by atoms with Crippen LogP contribution in [0.15, 0.2) is 11.6 Å². The Balaban J connectivity index is 3.49. The van der Waals surface area contributed by atoms with Crippen LogP contribution in [-0.2, 0) is 11.1 Å². The lowest BCUT2D eigenvalue weighted by Crippen LogP contribution is -2.14. The van der Waals surface area contributed by atoms with E-state index in [4.69, 9.17) is 4.55 Å². The molecular formula is C4H9NO2S. The van der Waals surface area contributed by atoms with Crippen LogP contribution in [0.25, 0.3) is 0 Å². The van der Waals surface area contributed by atoms with Gasteiger partial charge < -0.3 is 9.87 Å². The van der Waals surface area contributed by atoms with Crippen LogP contribution in [0, 0.1) is 0 Å². The van der Waals surface area contributed by atoms with E-state index in [0.717, 1.165) is 0 Å². The van der Waals surface area contributed by atoms with Crippen LogP contribution in [-0.4, -0.2) is 15.3 Å². The molecule has 0 aromatic heterocycles. The van der Waals surface area contributed by atoms with Crippen molar-refractivity contribution < 1.29 is 8.76 Å². The lowest BCUT2D eigenvalue weighted by atomic mass is 10.7. The van der Waals surface area contributed by atoms with Crippen LogP contribution in [0.5, 0.6) is 0 Å². The highest BCUT2D eigenvalue weighted by molar-refractivity contribution is 7.83. The Kier molecular flexibility index (Phi) is 3.47. The van der Waals surface area contributed by atoms with E-state index in [9.17, 15) is 4.21 Å². The fraction of sp³-hybridized carbons (Fsp3) is 0.500. The van der Waals surface area contributed by atoms with Crippen molar-refractivity contribution >= 4 is 11.1 Å². The molecule has 1 unspecified atom stereocenters. The second kappa shape index (κ2) is 3.63. The largest absolute Gasteiger partial charge is 0.377 e. The SMILES string of the molecule is C=C(NCC)S(=O)O. The first-order valence-electron chi connectivity index (χ1n) is 2.22. The van der Waals surface area contributed by atoms with Gasteiger partial charge in [-0.3, -0.25) is 0 Å². The van der Waals surface area contributed by atoms with Gasteiger partial charge in [-0.05, 0) is 6.92 Å². The van der Waals surface area contributed by atoms with Crippen molar-refractivity contribution in [3.63, 3.8) is 0 Å². The fourth-order valence-corrected chi connectivity index (χ4v) is 0.527. The molecule has 2 N–H and O–H groups in total. The second-order valence-electron chi connectivity index (χ2n) is 1.20. The van der Waals surface area contributed by atoms with Crippen LogP contribution in [0.4, 0.5) is 0 Å². The molecule has 0 heterocycles. The van der Waals surface area contributed by atoms with Gasteiger partial charge in [0.1, 0.15) is 5.03 Å². The third kappa shape index (κ3) is 2.76. The van der Waals surface area contributed by atoms with E-state index in [1.54, 1.807) is 0 Å². The van der Waals surface area contributed by atoms with Crippen molar-refractivity contribution in [1.82, 2.24) is 5.32 Å². The molecule has 0 bridgehead atoms. The molecule has 0 aliphatic heterocycles. The standard InChI is InChI=1S/C4H9NO2S/c1-3-5-4(2)8(6)7/h5H,2-3H2,1H3,(H,6,7). The minimum Gasteiger partial charge on any atom is -0.377 e. The zero-order chi connectivity index (χ0) is 6.57. The third-order valence-corrected chi connectivity index (χ3v) is 1.15. The highest BCUT2D eigenvalue weighted by atomic mass is 32.2. The first-order chi connectivity index (χ1) is 3.68. The summed E-state index contributed by atoms with van der Waals surface area (Å²) in [6, 6.07) is 0. The first-order valence-corrected chi connectivity index (χ1v) is 3.32. The van der Waals surface area contributed by atoms with Gasteiger partial charge in [0.15, 0.2) is 0 Å². The maximum atomic E-state index is 10.0. The van der Waals surface area contributed by atoms with Crippen LogP contribution < -0.4 is 5.32 Å². The van der Waals surface area contributed by atoms with Crippen LogP contribution in [0.1, 0.15) is 6.92 Å². The second-order valence-corrected chi connectivity index (χ2v) is 2.19. The molecule has 0 aliphatic carbocycles. The highest BCUT2D eigenvalue weighted by Gasteiger charge is 1.94. The van der Waals surface area contributed by atoms with E-state index >= 15 is 0 Å². The van der Waals surface area contributed by atoms with Gasteiger partial charge in [-0.15, -0.1) is 0 Å². The van der Waals surface area contributed by atoms with Gasteiger partial charge in [0.2, 0.25) is 11.1 Å². The van der Waals surface area contributed by atoms with Gasteiger partial charge in [0.05, 0.1) is 0 Å². The number of rotatable bonds is 3. The molecule has 0 radical (unpaired) electrons. The Morgan fingerprint density at radius 2 is 2.50 bits per heavy atom. The maximum Gasteiger partial charge on any atom is 0.202 e. The lowest BCUT2D eigenvalue weighted by Gasteiger charge is -1.98. The topological polar surface area (TPSA) is 49.3 Å². The monoisotopic (exact) mass is 135 g/mol. The van der Waals surface area contributed by atoms with Crippen molar-refractivity contribution in [1.29, 1.82) is 0 Å². The summed E-state index contributed by atoms with van der Waals surface area (Å²) in [5, 5.41) is 2.76. The molecule has 0 aliphatic rings. The normalized spacial score (nSPS) is 12.8. The summed E-state index contributed by atoms with van der Waals surface area (Å²) in [4.78, 5) is 0. The molecule has 0 aromatic rings. The van der Waals surface area contributed by atoms with Crippen molar-refractivity contribution in [2.45, 2.75) is 6.92 Å². The maximum absolute atomic E-state index is 10.0. The summed E-state index contributed by atoms with van der Waals surface area (Å²) < 4.78 is 18.3. The molecule has 0 fully saturated rings. The van der Waals surface area contributed by atoms with Crippen LogP contribution in [0.2, 0.25) is 0 Å².